The zero-order valence-electron chi connectivity index (χ0n) is 13.6. The van der Waals surface area contributed by atoms with Gasteiger partial charge in [0, 0.05) is 18.7 Å². The van der Waals surface area contributed by atoms with Gasteiger partial charge in [0.15, 0.2) is 18.1 Å². The molecule has 2 N–H and O–H groups in total. The average molecular weight is 321 g/mol. The number of amides is 1. The monoisotopic (exact) mass is 321 g/mol. The number of ether oxygens (including phenoxy) is 3. The molecule has 2 rings (SSSR count). The fourth-order valence-corrected chi connectivity index (χ4v) is 2.40. The molecule has 1 aromatic carbocycles. The van der Waals surface area contributed by atoms with E-state index in [1.165, 1.54) is 33.5 Å². The zero-order chi connectivity index (χ0) is 16.7. The van der Waals surface area contributed by atoms with Crippen molar-refractivity contribution < 1.29 is 19.0 Å². The summed E-state index contributed by atoms with van der Waals surface area (Å²) >= 11 is 0. The molecule has 7 heteroatoms. The third-order valence-corrected chi connectivity index (χ3v) is 3.54. The third kappa shape index (κ3) is 4.77. The lowest BCUT2D eigenvalue weighted by molar-refractivity contribution is -0.119. The second kappa shape index (κ2) is 8.26. The van der Waals surface area contributed by atoms with E-state index < -0.39 is 5.91 Å². The molecule has 1 fully saturated rings. The molecule has 126 valence electrons. The lowest BCUT2D eigenvalue weighted by atomic mass is 10.2. The molecule has 1 aromatic rings. The number of hydrazone groups is 1. The van der Waals surface area contributed by atoms with Gasteiger partial charge in [0.1, 0.15) is 0 Å². The van der Waals surface area contributed by atoms with Crippen LogP contribution < -0.4 is 19.9 Å². The van der Waals surface area contributed by atoms with Crippen LogP contribution in [0.3, 0.4) is 0 Å². The minimum Gasteiger partial charge on any atom is -0.493 e. The van der Waals surface area contributed by atoms with Crippen molar-refractivity contribution in [3.05, 3.63) is 17.7 Å². The second-order valence-corrected chi connectivity index (χ2v) is 5.27. The molecule has 0 aliphatic carbocycles. The van der Waals surface area contributed by atoms with Crippen LogP contribution in [-0.2, 0) is 4.79 Å². The van der Waals surface area contributed by atoms with Crippen molar-refractivity contribution in [2.45, 2.75) is 19.3 Å². The van der Waals surface area contributed by atoms with E-state index in [0.29, 0.717) is 17.2 Å². The van der Waals surface area contributed by atoms with Crippen molar-refractivity contribution in [3.8, 4) is 17.2 Å². The van der Waals surface area contributed by atoms with Crippen LogP contribution in [0.25, 0.3) is 0 Å². The number of hydrogen-bond donors (Lipinski definition) is 1. The Balaban J connectivity index is 2.20. The number of carbonyl (C=O) groups is 1. The van der Waals surface area contributed by atoms with Gasteiger partial charge in [-0.15, -0.1) is 0 Å². The smallest absolute Gasteiger partial charge is 0.255 e. The van der Waals surface area contributed by atoms with E-state index in [1.807, 2.05) is 0 Å². The molecule has 0 saturated carbocycles. The second-order valence-electron chi connectivity index (χ2n) is 5.27. The van der Waals surface area contributed by atoms with Crippen molar-refractivity contribution in [1.82, 2.24) is 5.01 Å². The number of rotatable bonds is 7. The minimum absolute atomic E-state index is 0.242. The molecule has 23 heavy (non-hydrogen) atoms. The number of benzene rings is 1. The Morgan fingerprint density at radius 2 is 1.83 bits per heavy atom. The highest BCUT2D eigenvalue weighted by atomic mass is 16.5. The molecule has 1 aliphatic heterocycles. The highest BCUT2D eigenvalue weighted by molar-refractivity contribution is 5.82. The van der Waals surface area contributed by atoms with E-state index >= 15 is 0 Å². The topological polar surface area (TPSA) is 86.4 Å². The highest BCUT2D eigenvalue weighted by Crippen LogP contribution is 2.38. The molecule has 1 aliphatic rings. The quantitative estimate of drug-likeness (QED) is 0.767. The Bertz CT molecular complexity index is 543. The van der Waals surface area contributed by atoms with E-state index in [-0.39, 0.29) is 6.61 Å². The summed E-state index contributed by atoms with van der Waals surface area (Å²) in [5, 5.41) is 6.55. The summed E-state index contributed by atoms with van der Waals surface area (Å²) < 4.78 is 16.0. The van der Waals surface area contributed by atoms with Crippen LogP contribution in [0.1, 0.15) is 24.8 Å². The Labute approximate surface area is 136 Å². The normalized spacial score (nSPS) is 14.8. The van der Waals surface area contributed by atoms with Gasteiger partial charge in [0.25, 0.3) is 5.91 Å². The fraction of sp³-hybridized carbons (Fsp3) is 0.500. The Morgan fingerprint density at radius 1 is 1.22 bits per heavy atom. The van der Waals surface area contributed by atoms with Crippen molar-refractivity contribution >= 4 is 12.1 Å². The van der Waals surface area contributed by atoms with E-state index in [9.17, 15) is 4.79 Å². The summed E-state index contributed by atoms with van der Waals surface area (Å²) in [6, 6.07) is 3.57. The average Bonchev–Trinajstić information content (AvgIpc) is 2.58. The summed E-state index contributed by atoms with van der Waals surface area (Å²) in [6.07, 6.45) is 5.38. The van der Waals surface area contributed by atoms with Crippen LogP contribution in [0.5, 0.6) is 17.2 Å². The van der Waals surface area contributed by atoms with Crippen molar-refractivity contribution in [3.63, 3.8) is 0 Å². The maximum absolute atomic E-state index is 10.9. The maximum atomic E-state index is 10.9. The highest BCUT2D eigenvalue weighted by Gasteiger charge is 2.15. The molecule has 1 amide bonds. The first-order valence-corrected chi connectivity index (χ1v) is 7.60. The molecular formula is C16H23N3O4. The Kier molecular flexibility index (Phi) is 6.08. The van der Waals surface area contributed by atoms with E-state index in [2.05, 4.69) is 10.1 Å². The minimum atomic E-state index is -0.565. The predicted molar refractivity (Wildman–Crippen MR) is 87.3 cm³/mol. The summed E-state index contributed by atoms with van der Waals surface area (Å²) in [5.41, 5.74) is 5.94. The van der Waals surface area contributed by atoms with Crippen molar-refractivity contribution in [2.24, 2.45) is 10.8 Å². The molecule has 1 heterocycles. The van der Waals surface area contributed by atoms with E-state index in [4.69, 9.17) is 19.9 Å². The summed E-state index contributed by atoms with van der Waals surface area (Å²) in [6.45, 7) is 1.71. The number of hydrogen-bond acceptors (Lipinski definition) is 6. The van der Waals surface area contributed by atoms with Crippen LogP contribution >= 0.6 is 0 Å². The van der Waals surface area contributed by atoms with Gasteiger partial charge in [-0.1, -0.05) is 0 Å². The number of piperidine rings is 1. The van der Waals surface area contributed by atoms with Crippen LogP contribution in [-0.4, -0.2) is 51.0 Å². The Hall–Kier alpha value is -2.44. The molecule has 0 spiro atoms. The van der Waals surface area contributed by atoms with Gasteiger partial charge < -0.3 is 19.9 Å². The van der Waals surface area contributed by atoms with E-state index in [1.54, 1.807) is 18.3 Å². The van der Waals surface area contributed by atoms with Crippen LogP contribution in [0.2, 0.25) is 0 Å². The SMILES string of the molecule is COc1cc(/C=N\N2CCCCC2)cc(OC)c1OCC(N)=O. The van der Waals surface area contributed by atoms with Gasteiger partial charge in [-0.3, -0.25) is 9.80 Å². The first-order chi connectivity index (χ1) is 11.1. The van der Waals surface area contributed by atoms with Crippen molar-refractivity contribution in [1.29, 1.82) is 0 Å². The van der Waals surface area contributed by atoms with Gasteiger partial charge >= 0.3 is 0 Å². The zero-order valence-corrected chi connectivity index (χ0v) is 13.6. The summed E-state index contributed by atoms with van der Waals surface area (Å²) in [7, 11) is 3.05. The van der Waals surface area contributed by atoms with Gasteiger partial charge in [-0.2, -0.15) is 5.10 Å². The number of methoxy groups -OCH3 is 2. The van der Waals surface area contributed by atoms with Crippen LogP contribution in [0, 0.1) is 0 Å². The molecular weight excluding hydrogens is 298 g/mol. The Morgan fingerprint density at radius 3 is 2.35 bits per heavy atom. The summed E-state index contributed by atoms with van der Waals surface area (Å²) in [5.74, 6) is 0.713. The number of carbonyl (C=O) groups excluding carboxylic acids is 1. The first-order valence-electron chi connectivity index (χ1n) is 7.60. The van der Waals surface area contributed by atoms with Gasteiger partial charge in [-0.25, -0.2) is 0 Å². The molecule has 1 saturated heterocycles. The molecule has 0 unspecified atom stereocenters. The predicted octanol–water partition coefficient (Wildman–Crippen LogP) is 1.39. The van der Waals surface area contributed by atoms with Gasteiger partial charge in [0.2, 0.25) is 5.75 Å². The number of nitrogens with zero attached hydrogens (tertiary/aromatic N) is 2. The standard InChI is InChI=1S/C16H23N3O4/c1-21-13-8-12(10-18-19-6-4-3-5-7-19)9-14(22-2)16(13)23-11-15(17)20/h8-10H,3-7,11H2,1-2H3,(H2,17,20)/b18-10-. The van der Waals surface area contributed by atoms with Gasteiger partial charge in [-0.05, 0) is 31.4 Å². The van der Waals surface area contributed by atoms with Gasteiger partial charge in [0.05, 0.1) is 20.4 Å². The molecule has 0 aromatic heterocycles. The lowest BCUT2D eigenvalue weighted by Gasteiger charge is -2.23. The molecule has 7 nitrogen and oxygen atoms in total. The van der Waals surface area contributed by atoms with Crippen LogP contribution in [0.4, 0.5) is 0 Å². The largest absolute Gasteiger partial charge is 0.493 e. The summed E-state index contributed by atoms with van der Waals surface area (Å²) in [4.78, 5) is 10.9. The number of primary amides is 1. The lowest BCUT2D eigenvalue weighted by Crippen LogP contribution is -2.24. The molecule has 0 atom stereocenters. The third-order valence-electron chi connectivity index (χ3n) is 3.54. The molecule has 0 bridgehead atoms. The fourth-order valence-electron chi connectivity index (χ4n) is 2.40. The first kappa shape index (κ1) is 16.9. The maximum Gasteiger partial charge on any atom is 0.255 e. The van der Waals surface area contributed by atoms with Crippen molar-refractivity contribution in [2.75, 3.05) is 33.9 Å². The van der Waals surface area contributed by atoms with E-state index in [0.717, 1.165) is 18.7 Å². The number of nitrogens with two attached hydrogens (primary N) is 1. The van der Waals surface area contributed by atoms with Crippen LogP contribution in [0.15, 0.2) is 17.2 Å². The molecule has 0 radical (unpaired) electrons.